The smallest absolute Gasteiger partial charge is 0.341 e. The molecule has 0 saturated heterocycles. The van der Waals surface area contributed by atoms with Crippen LogP contribution in [0.25, 0.3) is 10.9 Å². The molecule has 0 radical (unpaired) electrons. The minimum absolute atomic E-state index is 0.0487. The van der Waals surface area contributed by atoms with Crippen LogP contribution in [0.5, 0.6) is 11.5 Å². The molecular weight excluding hydrogens is 428 g/mol. The summed E-state index contributed by atoms with van der Waals surface area (Å²) >= 11 is 0. The van der Waals surface area contributed by atoms with E-state index in [1.54, 1.807) is 32.2 Å². The summed E-state index contributed by atoms with van der Waals surface area (Å²) < 4.78 is 16.9. The van der Waals surface area contributed by atoms with Crippen LogP contribution < -0.4 is 14.8 Å². The molecule has 174 valence electrons. The monoisotopic (exact) mass is 456 g/mol. The topological polar surface area (TPSA) is 72.6 Å². The average molecular weight is 457 g/mol. The fraction of sp³-hybridized carbons (Fsp3) is 0.250. The largest absolute Gasteiger partial charge is 0.496 e. The fourth-order valence-corrected chi connectivity index (χ4v) is 4.68. The Kier molecular flexibility index (Phi) is 6.23. The number of fused-ring (bicyclic) bond motifs is 3. The lowest BCUT2D eigenvalue weighted by Gasteiger charge is -2.25. The van der Waals surface area contributed by atoms with Crippen LogP contribution in [0, 0.1) is 0 Å². The Hall–Kier alpha value is -3.77. The van der Waals surface area contributed by atoms with Crippen molar-refractivity contribution in [2.45, 2.75) is 26.0 Å². The molecule has 6 heteroatoms. The molecule has 0 amide bonds. The summed E-state index contributed by atoms with van der Waals surface area (Å²) in [5.41, 5.74) is 6.19. The highest BCUT2D eigenvalue weighted by Gasteiger charge is 2.26. The van der Waals surface area contributed by atoms with E-state index in [1.807, 2.05) is 12.1 Å². The average Bonchev–Trinajstić information content (AvgIpc) is 3.26. The van der Waals surface area contributed by atoms with E-state index >= 15 is 0 Å². The summed E-state index contributed by atoms with van der Waals surface area (Å²) in [6.45, 7) is 3.27. The Morgan fingerprint density at radius 1 is 1.03 bits per heavy atom. The number of aromatic amines is 1. The molecule has 0 unspecified atom stereocenters. The summed E-state index contributed by atoms with van der Waals surface area (Å²) in [5, 5.41) is 4.94. The maximum absolute atomic E-state index is 12.3. The van der Waals surface area contributed by atoms with Gasteiger partial charge in [-0.2, -0.15) is 0 Å². The Morgan fingerprint density at radius 2 is 1.85 bits per heavy atom. The zero-order valence-corrected chi connectivity index (χ0v) is 19.4. The molecule has 2 heterocycles. The van der Waals surface area contributed by atoms with Gasteiger partial charge in [0.15, 0.2) is 0 Å². The van der Waals surface area contributed by atoms with E-state index in [4.69, 9.17) is 14.2 Å². The first-order valence-electron chi connectivity index (χ1n) is 11.6. The molecule has 2 N–H and O–H groups in total. The Balaban J connectivity index is 1.45. The van der Waals surface area contributed by atoms with Crippen molar-refractivity contribution < 1.29 is 19.0 Å². The third kappa shape index (κ3) is 4.13. The lowest BCUT2D eigenvalue weighted by atomic mass is 9.93. The summed E-state index contributed by atoms with van der Waals surface area (Å²) in [4.78, 5) is 15.9. The number of nitrogens with one attached hydrogen (secondary N) is 2. The van der Waals surface area contributed by atoms with Gasteiger partial charge in [-0.3, -0.25) is 0 Å². The second kappa shape index (κ2) is 9.61. The molecule has 0 saturated carbocycles. The number of carbonyl (C=O) groups excluding carboxylic acids is 1. The van der Waals surface area contributed by atoms with Crippen LogP contribution in [-0.4, -0.2) is 31.2 Å². The van der Waals surface area contributed by atoms with E-state index in [9.17, 15) is 4.79 Å². The van der Waals surface area contributed by atoms with Gasteiger partial charge in [0.2, 0.25) is 0 Å². The lowest BCUT2D eigenvalue weighted by molar-refractivity contribution is 0.0521. The maximum Gasteiger partial charge on any atom is 0.341 e. The second-order valence-corrected chi connectivity index (χ2v) is 8.28. The summed E-state index contributed by atoms with van der Waals surface area (Å²) in [6, 6.07) is 21.8. The number of hydrogen-bond acceptors (Lipinski definition) is 5. The number of carbonyl (C=O) groups is 1. The van der Waals surface area contributed by atoms with Crippen LogP contribution in [-0.2, 0) is 17.8 Å². The SMILES string of the molecule is CCOC(=O)c1ccccc1OCc1cc([C@H]2NCCc3c2[nH]c2ccccc32)ccc1OC. The number of rotatable bonds is 7. The predicted octanol–water partition coefficient (Wildman–Crippen LogP) is 5.17. The minimum atomic E-state index is -0.392. The number of para-hydroxylation sites is 2. The first-order valence-corrected chi connectivity index (χ1v) is 11.6. The quantitative estimate of drug-likeness (QED) is 0.376. The zero-order valence-electron chi connectivity index (χ0n) is 19.4. The van der Waals surface area contributed by atoms with Crippen LogP contribution in [0.2, 0.25) is 0 Å². The Labute approximate surface area is 198 Å². The third-order valence-electron chi connectivity index (χ3n) is 6.26. The number of aromatic nitrogens is 1. The molecule has 0 fully saturated rings. The van der Waals surface area contributed by atoms with Gasteiger partial charge >= 0.3 is 5.97 Å². The number of H-pyrrole nitrogens is 1. The third-order valence-corrected chi connectivity index (χ3v) is 6.26. The molecule has 6 nitrogen and oxygen atoms in total. The molecule has 1 atom stereocenters. The highest BCUT2D eigenvalue weighted by Crippen LogP contribution is 2.35. The Bertz CT molecular complexity index is 1330. The van der Waals surface area contributed by atoms with Gasteiger partial charge in [-0.15, -0.1) is 0 Å². The molecule has 3 aromatic carbocycles. The van der Waals surface area contributed by atoms with Crippen LogP contribution in [0.4, 0.5) is 0 Å². The first-order chi connectivity index (χ1) is 16.7. The van der Waals surface area contributed by atoms with Crippen LogP contribution >= 0.6 is 0 Å². The summed E-state index contributed by atoms with van der Waals surface area (Å²) in [7, 11) is 1.65. The van der Waals surface area contributed by atoms with Crippen molar-refractivity contribution in [2.24, 2.45) is 0 Å². The zero-order chi connectivity index (χ0) is 23.5. The number of ether oxygens (including phenoxy) is 3. The van der Waals surface area contributed by atoms with Crippen molar-refractivity contribution >= 4 is 16.9 Å². The lowest BCUT2D eigenvalue weighted by Crippen LogP contribution is -2.30. The van der Waals surface area contributed by atoms with Crippen molar-refractivity contribution in [2.75, 3.05) is 20.3 Å². The summed E-state index contributed by atoms with van der Waals surface area (Å²) in [6.07, 6.45) is 0.993. The van der Waals surface area contributed by atoms with Crippen LogP contribution in [0.15, 0.2) is 66.7 Å². The molecule has 5 rings (SSSR count). The van der Waals surface area contributed by atoms with E-state index in [0.29, 0.717) is 17.9 Å². The second-order valence-electron chi connectivity index (χ2n) is 8.28. The van der Waals surface area contributed by atoms with Gasteiger partial charge < -0.3 is 24.5 Å². The van der Waals surface area contributed by atoms with E-state index in [-0.39, 0.29) is 12.6 Å². The van der Waals surface area contributed by atoms with Crippen molar-refractivity contribution in [3.8, 4) is 11.5 Å². The molecule has 0 spiro atoms. The number of methoxy groups -OCH3 is 1. The van der Waals surface area contributed by atoms with E-state index in [2.05, 4.69) is 46.7 Å². The highest BCUT2D eigenvalue weighted by molar-refractivity contribution is 5.92. The number of esters is 1. The molecule has 1 aliphatic heterocycles. The van der Waals surface area contributed by atoms with Crippen molar-refractivity contribution in [3.05, 3.63) is 94.7 Å². The molecule has 0 aliphatic carbocycles. The van der Waals surface area contributed by atoms with Crippen LogP contribution in [0.3, 0.4) is 0 Å². The van der Waals surface area contributed by atoms with Gasteiger partial charge in [-0.05, 0) is 54.8 Å². The normalized spacial score (nSPS) is 15.1. The standard InChI is InChI=1S/C28H28N2O4/c1-3-33-28(31)22-9-5-7-11-25(22)34-17-19-16-18(12-13-24(19)32-2)26-27-21(14-15-29-26)20-8-4-6-10-23(20)30-27/h4-13,16,26,29-30H,3,14-15,17H2,1-2H3/t26-/m1/s1. The fourth-order valence-electron chi connectivity index (χ4n) is 4.68. The van der Waals surface area contributed by atoms with E-state index in [0.717, 1.165) is 35.4 Å². The first kappa shape index (κ1) is 22.0. The molecule has 1 aromatic heterocycles. The maximum atomic E-state index is 12.3. The van der Waals surface area contributed by atoms with Gasteiger partial charge in [0, 0.05) is 28.7 Å². The van der Waals surface area contributed by atoms with Gasteiger partial charge in [-0.25, -0.2) is 4.79 Å². The van der Waals surface area contributed by atoms with E-state index in [1.165, 1.54) is 16.6 Å². The molecule has 0 bridgehead atoms. The Morgan fingerprint density at radius 3 is 2.71 bits per heavy atom. The number of benzene rings is 3. The highest BCUT2D eigenvalue weighted by atomic mass is 16.5. The molecule has 34 heavy (non-hydrogen) atoms. The van der Waals surface area contributed by atoms with Gasteiger partial charge in [0.1, 0.15) is 23.7 Å². The van der Waals surface area contributed by atoms with Crippen molar-refractivity contribution in [1.82, 2.24) is 10.3 Å². The molecule has 4 aromatic rings. The molecule has 1 aliphatic rings. The van der Waals surface area contributed by atoms with E-state index < -0.39 is 5.97 Å². The van der Waals surface area contributed by atoms with Gasteiger partial charge in [0.05, 0.1) is 19.8 Å². The van der Waals surface area contributed by atoms with Crippen molar-refractivity contribution in [1.29, 1.82) is 0 Å². The van der Waals surface area contributed by atoms with Crippen molar-refractivity contribution in [3.63, 3.8) is 0 Å². The van der Waals surface area contributed by atoms with Gasteiger partial charge in [-0.1, -0.05) is 36.4 Å². The molecular formula is C28H28N2O4. The minimum Gasteiger partial charge on any atom is -0.496 e. The number of hydrogen-bond donors (Lipinski definition) is 2. The van der Waals surface area contributed by atoms with Gasteiger partial charge in [0.25, 0.3) is 0 Å². The predicted molar refractivity (Wildman–Crippen MR) is 132 cm³/mol. The van der Waals surface area contributed by atoms with Crippen LogP contribution in [0.1, 0.15) is 45.7 Å². The summed E-state index contributed by atoms with van der Waals surface area (Å²) in [5.74, 6) is 0.837.